The zero-order chi connectivity index (χ0) is 27.3. The maximum atomic E-state index is 13.6. The minimum atomic E-state index is -1.09. The van der Waals surface area contributed by atoms with Crippen LogP contribution in [0.1, 0.15) is 59.3 Å². The van der Waals surface area contributed by atoms with Gasteiger partial charge >= 0.3 is 23.9 Å². The lowest BCUT2D eigenvalue weighted by Crippen LogP contribution is -2.65. The topological polar surface area (TPSA) is 124 Å². The van der Waals surface area contributed by atoms with Crippen LogP contribution >= 0.6 is 0 Å². The van der Waals surface area contributed by atoms with Crippen LogP contribution in [0.25, 0.3) is 0 Å². The molecule has 0 spiro atoms. The fourth-order valence-corrected chi connectivity index (χ4v) is 6.26. The first kappa shape index (κ1) is 28.8. The number of carbonyl (C=O) groups is 4. The van der Waals surface area contributed by atoms with Gasteiger partial charge in [-0.3, -0.25) is 14.4 Å². The van der Waals surface area contributed by atoms with Gasteiger partial charge in [-0.15, -0.1) is 0 Å². The normalized spacial score (nSPS) is 33.3. The molecular formula is C27H38O10. The lowest BCUT2D eigenvalue weighted by Gasteiger charge is -2.54. The molecule has 0 amide bonds. The molecule has 3 rings (SSSR count). The Kier molecular flexibility index (Phi) is 9.18. The van der Waals surface area contributed by atoms with E-state index < -0.39 is 34.5 Å². The molecule has 2 aliphatic carbocycles. The number of hydrogen-bond donors (Lipinski definition) is 0. The number of hydrogen-bond acceptors (Lipinski definition) is 10. The minimum Gasteiger partial charge on any atom is -0.469 e. The highest BCUT2D eigenvalue weighted by Crippen LogP contribution is 2.66. The van der Waals surface area contributed by atoms with Crippen molar-refractivity contribution in [3.05, 3.63) is 23.8 Å². The van der Waals surface area contributed by atoms with Crippen LogP contribution in [0.2, 0.25) is 0 Å². The molecule has 0 radical (unpaired) electrons. The molecule has 1 aliphatic heterocycles. The second-order valence-electron chi connectivity index (χ2n) is 10.2. The van der Waals surface area contributed by atoms with Crippen LogP contribution in [0.3, 0.4) is 0 Å². The average Bonchev–Trinajstić information content (AvgIpc) is 3.00. The van der Waals surface area contributed by atoms with Crippen molar-refractivity contribution in [2.24, 2.45) is 17.3 Å². The van der Waals surface area contributed by atoms with Gasteiger partial charge in [0.15, 0.2) is 6.79 Å². The van der Waals surface area contributed by atoms with Crippen LogP contribution in [0.5, 0.6) is 0 Å². The summed E-state index contributed by atoms with van der Waals surface area (Å²) in [5, 5.41) is 0. The van der Waals surface area contributed by atoms with Crippen LogP contribution in [0.15, 0.2) is 23.8 Å². The van der Waals surface area contributed by atoms with Gasteiger partial charge in [-0.25, -0.2) is 4.79 Å². The number of ether oxygens (including phenoxy) is 6. The monoisotopic (exact) mass is 522 g/mol. The average molecular weight is 523 g/mol. The van der Waals surface area contributed by atoms with Crippen molar-refractivity contribution in [2.75, 3.05) is 34.2 Å². The highest BCUT2D eigenvalue weighted by Gasteiger charge is 2.74. The Bertz CT molecular complexity index is 955. The Morgan fingerprint density at radius 2 is 1.76 bits per heavy atom. The second kappa shape index (κ2) is 11.8. The lowest BCUT2D eigenvalue weighted by atomic mass is 9.62. The van der Waals surface area contributed by atoms with E-state index in [0.717, 1.165) is 0 Å². The second-order valence-corrected chi connectivity index (χ2v) is 10.2. The Hall–Kier alpha value is -2.72. The van der Waals surface area contributed by atoms with E-state index in [9.17, 15) is 19.2 Å². The van der Waals surface area contributed by atoms with Crippen molar-refractivity contribution < 1.29 is 47.6 Å². The van der Waals surface area contributed by atoms with Gasteiger partial charge in [-0.1, -0.05) is 12.2 Å². The minimum absolute atomic E-state index is 0.186. The van der Waals surface area contributed by atoms with E-state index in [0.29, 0.717) is 57.3 Å². The van der Waals surface area contributed by atoms with E-state index in [1.165, 1.54) is 14.0 Å². The predicted molar refractivity (Wildman–Crippen MR) is 130 cm³/mol. The van der Waals surface area contributed by atoms with Gasteiger partial charge in [0.1, 0.15) is 16.6 Å². The number of cyclic esters (lactones) is 1. The standard InChI is InChI=1S/C27H38O10/c1-18(22(29)35-17-34-16-15-32-4)7-6-11-25(3)21-10-13-26(24(31)37-25)12-8-20(23(30)33-5)9-14-27(21,26)36-19(2)28/h6-7,11,20-21H,8-10,12-17H2,1-5H3/b11-6+,18-7+/t20-,21-,25+,26+,27-/m0/s1. The molecule has 10 heteroatoms. The van der Waals surface area contributed by atoms with Crippen molar-refractivity contribution in [3.8, 4) is 0 Å². The first-order chi connectivity index (χ1) is 17.5. The molecule has 3 fully saturated rings. The fourth-order valence-electron chi connectivity index (χ4n) is 6.26. The van der Waals surface area contributed by atoms with E-state index in [1.807, 2.05) is 0 Å². The third kappa shape index (κ3) is 5.60. The van der Waals surface area contributed by atoms with E-state index in [2.05, 4.69) is 0 Å². The zero-order valence-electron chi connectivity index (χ0n) is 22.3. The van der Waals surface area contributed by atoms with Gasteiger partial charge < -0.3 is 28.4 Å². The molecule has 206 valence electrons. The summed E-state index contributed by atoms with van der Waals surface area (Å²) < 4.78 is 32.1. The maximum absolute atomic E-state index is 13.6. The van der Waals surface area contributed by atoms with Crippen molar-refractivity contribution in [3.63, 3.8) is 0 Å². The van der Waals surface area contributed by atoms with Crippen LogP contribution in [0.4, 0.5) is 0 Å². The fraction of sp³-hybridized carbons (Fsp3) is 0.704. The molecule has 0 aromatic rings. The Labute approximate surface area is 217 Å². The van der Waals surface area contributed by atoms with Crippen LogP contribution in [-0.4, -0.2) is 69.3 Å². The Morgan fingerprint density at radius 1 is 1.05 bits per heavy atom. The summed E-state index contributed by atoms with van der Waals surface area (Å²) in [5.74, 6) is -2.45. The summed E-state index contributed by atoms with van der Waals surface area (Å²) in [6.45, 7) is 5.26. The van der Waals surface area contributed by atoms with Crippen molar-refractivity contribution in [2.45, 2.75) is 70.5 Å². The third-order valence-electron chi connectivity index (χ3n) is 8.07. The molecule has 0 unspecified atom stereocenters. The van der Waals surface area contributed by atoms with Gasteiger partial charge in [0.05, 0.1) is 26.2 Å². The van der Waals surface area contributed by atoms with Crippen molar-refractivity contribution >= 4 is 23.9 Å². The maximum Gasteiger partial charge on any atom is 0.335 e. The summed E-state index contributed by atoms with van der Waals surface area (Å²) in [5.41, 5.74) is -2.84. The molecule has 0 N–H and O–H groups in total. The summed E-state index contributed by atoms with van der Waals surface area (Å²) in [6, 6.07) is 0. The molecular weight excluding hydrogens is 484 g/mol. The van der Waals surface area contributed by atoms with Crippen LogP contribution in [0, 0.1) is 17.3 Å². The van der Waals surface area contributed by atoms with Crippen LogP contribution in [-0.2, 0) is 47.6 Å². The Morgan fingerprint density at radius 3 is 2.43 bits per heavy atom. The SMILES string of the molecule is COCCOCOC(=O)/C(C)=C/C=C/[C@@]1(C)OC(=O)[C@]23CC[C@H](C(=O)OC)CC[C@]2(OC(C)=O)[C@H]1CC3. The third-order valence-corrected chi connectivity index (χ3v) is 8.07. The lowest BCUT2D eigenvalue weighted by molar-refractivity contribution is -0.235. The van der Waals surface area contributed by atoms with Gasteiger partial charge in [0.25, 0.3) is 0 Å². The molecule has 1 saturated heterocycles. The first-order valence-electron chi connectivity index (χ1n) is 12.7. The van der Waals surface area contributed by atoms with Crippen LogP contribution < -0.4 is 0 Å². The summed E-state index contributed by atoms with van der Waals surface area (Å²) in [6.07, 6.45) is 7.73. The number of allylic oxidation sites excluding steroid dienone is 2. The van der Waals surface area contributed by atoms with Crippen molar-refractivity contribution in [1.82, 2.24) is 0 Å². The van der Waals surface area contributed by atoms with Gasteiger partial charge in [-0.2, -0.15) is 0 Å². The largest absolute Gasteiger partial charge is 0.469 e. The first-order valence-corrected chi connectivity index (χ1v) is 12.7. The van der Waals surface area contributed by atoms with E-state index in [1.54, 1.807) is 39.2 Å². The predicted octanol–water partition coefficient (Wildman–Crippen LogP) is 3.03. The molecule has 0 aromatic heterocycles. The molecule has 10 nitrogen and oxygen atoms in total. The van der Waals surface area contributed by atoms with E-state index >= 15 is 0 Å². The number of rotatable bonds is 10. The number of esters is 4. The summed E-state index contributed by atoms with van der Waals surface area (Å²) >= 11 is 0. The molecule has 5 atom stereocenters. The van der Waals surface area contributed by atoms with Gasteiger partial charge in [0.2, 0.25) is 0 Å². The summed E-state index contributed by atoms with van der Waals surface area (Å²) in [7, 11) is 2.90. The molecule has 3 aliphatic rings. The summed E-state index contributed by atoms with van der Waals surface area (Å²) in [4.78, 5) is 50.5. The van der Waals surface area contributed by atoms with Gasteiger partial charge in [-0.05, 0) is 58.4 Å². The molecule has 2 bridgehead atoms. The zero-order valence-corrected chi connectivity index (χ0v) is 22.3. The van der Waals surface area contributed by atoms with E-state index in [-0.39, 0.29) is 24.6 Å². The van der Waals surface area contributed by atoms with Gasteiger partial charge in [0, 0.05) is 25.5 Å². The molecule has 37 heavy (non-hydrogen) atoms. The number of methoxy groups -OCH3 is 2. The Balaban J connectivity index is 1.83. The molecule has 1 heterocycles. The molecule has 2 saturated carbocycles. The smallest absolute Gasteiger partial charge is 0.335 e. The molecule has 0 aromatic carbocycles. The van der Waals surface area contributed by atoms with E-state index in [4.69, 9.17) is 28.4 Å². The number of carbonyl (C=O) groups excluding carboxylic acids is 4. The highest BCUT2D eigenvalue weighted by molar-refractivity contribution is 5.88. The highest BCUT2D eigenvalue weighted by atomic mass is 16.7. The quantitative estimate of drug-likeness (QED) is 0.106. The van der Waals surface area contributed by atoms with Crippen molar-refractivity contribution in [1.29, 1.82) is 0 Å².